The number of methoxy groups -OCH3 is 1. The van der Waals surface area contributed by atoms with Crippen molar-refractivity contribution in [3.8, 4) is 0 Å². The highest BCUT2D eigenvalue weighted by atomic mass is 32.2. The fourth-order valence-corrected chi connectivity index (χ4v) is 2.87. The van der Waals surface area contributed by atoms with E-state index in [1.54, 1.807) is 31.5 Å². The number of hydrogen-bond donors (Lipinski definition) is 1. The number of carbonyl (C=O) groups excluding carboxylic acids is 1. The minimum atomic E-state index is -3.41. The fraction of sp³-hybridized carbons (Fsp3) is 0.500. The lowest BCUT2D eigenvalue weighted by Crippen LogP contribution is -2.29. The zero-order valence-electron chi connectivity index (χ0n) is 11.0. The Labute approximate surface area is 113 Å². The fourth-order valence-electron chi connectivity index (χ4n) is 1.56. The first-order chi connectivity index (χ1) is 8.94. The predicted octanol–water partition coefficient (Wildman–Crippen LogP) is 1.02. The molecule has 19 heavy (non-hydrogen) atoms. The Balaban J connectivity index is 2.48. The third kappa shape index (κ3) is 5.80. The van der Waals surface area contributed by atoms with Gasteiger partial charge in [0.2, 0.25) is 10.0 Å². The lowest BCUT2D eigenvalue weighted by Gasteiger charge is -2.14. The topological polar surface area (TPSA) is 85.4 Å². The third-order valence-corrected chi connectivity index (χ3v) is 4.12. The maximum Gasteiger partial charge on any atom is 0.305 e. The Morgan fingerprint density at radius 1 is 1.42 bits per heavy atom. The van der Waals surface area contributed by atoms with Crippen LogP contribution in [0.2, 0.25) is 0 Å². The second-order valence-electron chi connectivity index (χ2n) is 4.12. The van der Waals surface area contributed by atoms with E-state index in [4.69, 9.17) is 0 Å². The summed E-state index contributed by atoms with van der Waals surface area (Å²) < 4.78 is 30.6. The molecule has 7 heteroatoms. The molecule has 1 heterocycles. The van der Waals surface area contributed by atoms with Gasteiger partial charge in [0, 0.05) is 24.9 Å². The molecule has 0 aromatic carbocycles. The van der Waals surface area contributed by atoms with Crippen molar-refractivity contribution in [3.63, 3.8) is 0 Å². The number of rotatable bonds is 7. The molecule has 0 bridgehead atoms. The van der Waals surface area contributed by atoms with Crippen LogP contribution in [-0.4, -0.2) is 32.2 Å². The van der Waals surface area contributed by atoms with Gasteiger partial charge in [0.1, 0.15) is 0 Å². The summed E-state index contributed by atoms with van der Waals surface area (Å²) in [5.41, 5.74) is 0.839. The monoisotopic (exact) mass is 286 g/mol. The summed E-state index contributed by atoms with van der Waals surface area (Å²) in [7, 11) is -2.13. The normalized spacial score (nSPS) is 12.9. The standard InChI is InChI=1S/C12H18N2O4S/c1-10(11-5-7-13-8-6-11)14-19(16,17)9-3-4-12(15)18-2/h5-8,10,14H,3-4,9H2,1-2H3. The molecule has 1 rings (SSSR count). The molecule has 106 valence electrons. The van der Waals surface area contributed by atoms with Gasteiger partial charge in [-0.1, -0.05) is 0 Å². The van der Waals surface area contributed by atoms with Crippen molar-refractivity contribution in [2.24, 2.45) is 0 Å². The first-order valence-electron chi connectivity index (χ1n) is 5.91. The largest absolute Gasteiger partial charge is 0.469 e. The first kappa shape index (κ1) is 15.6. The number of hydrogen-bond acceptors (Lipinski definition) is 5. The Kier molecular flexibility index (Phi) is 5.91. The van der Waals surface area contributed by atoms with E-state index in [1.165, 1.54) is 7.11 Å². The zero-order valence-corrected chi connectivity index (χ0v) is 11.8. The number of nitrogens with one attached hydrogen (secondary N) is 1. The summed E-state index contributed by atoms with van der Waals surface area (Å²) in [5, 5.41) is 0. The number of pyridine rings is 1. The number of ether oxygens (including phenoxy) is 1. The average Bonchev–Trinajstić information content (AvgIpc) is 2.38. The molecule has 0 aliphatic rings. The van der Waals surface area contributed by atoms with Gasteiger partial charge in [-0.15, -0.1) is 0 Å². The number of nitrogens with zero attached hydrogens (tertiary/aromatic N) is 1. The maximum absolute atomic E-state index is 11.8. The Bertz CT molecular complexity index is 502. The molecule has 6 nitrogen and oxygen atoms in total. The van der Waals surface area contributed by atoms with Crippen LogP contribution < -0.4 is 4.72 Å². The van der Waals surface area contributed by atoms with Crippen LogP contribution in [0.25, 0.3) is 0 Å². The highest BCUT2D eigenvalue weighted by molar-refractivity contribution is 7.89. The van der Waals surface area contributed by atoms with Crippen LogP contribution in [0.15, 0.2) is 24.5 Å². The molecule has 1 N–H and O–H groups in total. The second-order valence-corrected chi connectivity index (χ2v) is 5.99. The van der Waals surface area contributed by atoms with Crippen molar-refractivity contribution in [1.29, 1.82) is 0 Å². The molecule has 0 aliphatic heterocycles. The number of aromatic nitrogens is 1. The predicted molar refractivity (Wildman–Crippen MR) is 70.8 cm³/mol. The van der Waals surface area contributed by atoms with Crippen molar-refractivity contribution in [2.45, 2.75) is 25.8 Å². The average molecular weight is 286 g/mol. The zero-order chi connectivity index (χ0) is 14.3. The van der Waals surface area contributed by atoms with Gasteiger partial charge < -0.3 is 4.74 Å². The molecule has 0 fully saturated rings. The van der Waals surface area contributed by atoms with Crippen LogP contribution in [0, 0.1) is 0 Å². The third-order valence-electron chi connectivity index (χ3n) is 2.58. The lowest BCUT2D eigenvalue weighted by molar-refractivity contribution is -0.140. The van der Waals surface area contributed by atoms with Gasteiger partial charge in [0.25, 0.3) is 0 Å². The van der Waals surface area contributed by atoms with Gasteiger partial charge in [-0.05, 0) is 31.0 Å². The van der Waals surface area contributed by atoms with E-state index in [2.05, 4.69) is 14.4 Å². The van der Waals surface area contributed by atoms with Crippen LogP contribution in [0.5, 0.6) is 0 Å². The van der Waals surface area contributed by atoms with Crippen LogP contribution in [0.1, 0.15) is 31.4 Å². The molecule has 1 unspecified atom stereocenters. The SMILES string of the molecule is COC(=O)CCCS(=O)(=O)NC(C)c1ccncc1. The van der Waals surface area contributed by atoms with Gasteiger partial charge in [0.05, 0.1) is 12.9 Å². The summed E-state index contributed by atoms with van der Waals surface area (Å²) in [6.45, 7) is 1.76. The molecule has 0 spiro atoms. The van der Waals surface area contributed by atoms with Gasteiger partial charge in [-0.25, -0.2) is 13.1 Å². The van der Waals surface area contributed by atoms with Gasteiger partial charge in [-0.3, -0.25) is 9.78 Å². The highest BCUT2D eigenvalue weighted by Gasteiger charge is 2.16. The molecule has 0 radical (unpaired) electrons. The molecule has 1 aromatic rings. The van der Waals surface area contributed by atoms with E-state index in [0.29, 0.717) is 0 Å². The van der Waals surface area contributed by atoms with E-state index >= 15 is 0 Å². The van der Waals surface area contributed by atoms with Crippen LogP contribution >= 0.6 is 0 Å². The maximum atomic E-state index is 11.8. The number of esters is 1. The molecule has 1 atom stereocenters. The van der Waals surface area contributed by atoms with Crippen molar-refractivity contribution in [2.75, 3.05) is 12.9 Å². The minimum absolute atomic E-state index is 0.0983. The first-order valence-corrected chi connectivity index (χ1v) is 7.56. The van der Waals surface area contributed by atoms with Crippen molar-refractivity contribution >= 4 is 16.0 Å². The van der Waals surface area contributed by atoms with E-state index in [9.17, 15) is 13.2 Å². The Morgan fingerprint density at radius 2 is 2.05 bits per heavy atom. The van der Waals surface area contributed by atoms with Crippen LogP contribution in [0.4, 0.5) is 0 Å². The summed E-state index contributed by atoms with van der Waals surface area (Å²) in [6, 6.07) is 3.18. The molecular weight excluding hydrogens is 268 g/mol. The minimum Gasteiger partial charge on any atom is -0.469 e. The summed E-state index contributed by atoms with van der Waals surface area (Å²) >= 11 is 0. The van der Waals surface area contributed by atoms with Gasteiger partial charge in [0.15, 0.2) is 0 Å². The second kappa shape index (κ2) is 7.20. The molecule has 0 amide bonds. The molecule has 0 saturated carbocycles. The molecule has 0 saturated heterocycles. The molecule has 0 aliphatic carbocycles. The van der Waals surface area contributed by atoms with E-state index in [-0.39, 0.29) is 24.6 Å². The van der Waals surface area contributed by atoms with Gasteiger partial charge >= 0.3 is 5.97 Å². The number of carbonyl (C=O) groups is 1. The smallest absolute Gasteiger partial charge is 0.305 e. The highest BCUT2D eigenvalue weighted by Crippen LogP contribution is 2.12. The van der Waals surface area contributed by atoms with E-state index < -0.39 is 16.0 Å². The Morgan fingerprint density at radius 3 is 2.63 bits per heavy atom. The van der Waals surface area contributed by atoms with E-state index in [0.717, 1.165) is 5.56 Å². The summed E-state index contributed by atoms with van der Waals surface area (Å²) in [6.07, 6.45) is 3.56. The van der Waals surface area contributed by atoms with Crippen LogP contribution in [0.3, 0.4) is 0 Å². The van der Waals surface area contributed by atoms with Gasteiger partial charge in [-0.2, -0.15) is 0 Å². The number of sulfonamides is 1. The van der Waals surface area contributed by atoms with Crippen molar-refractivity contribution < 1.29 is 17.9 Å². The molecule has 1 aromatic heterocycles. The van der Waals surface area contributed by atoms with Crippen LogP contribution in [-0.2, 0) is 19.6 Å². The van der Waals surface area contributed by atoms with E-state index in [1.807, 2.05) is 0 Å². The van der Waals surface area contributed by atoms with Crippen molar-refractivity contribution in [1.82, 2.24) is 9.71 Å². The summed E-state index contributed by atoms with van der Waals surface area (Å²) in [5.74, 6) is -0.505. The van der Waals surface area contributed by atoms with Crippen molar-refractivity contribution in [3.05, 3.63) is 30.1 Å². The Hall–Kier alpha value is -1.47. The molecular formula is C12H18N2O4S. The summed E-state index contributed by atoms with van der Waals surface area (Å²) in [4.78, 5) is 14.8. The quantitative estimate of drug-likeness (QED) is 0.756. The lowest BCUT2D eigenvalue weighted by atomic mass is 10.1.